The molecule has 0 aromatic carbocycles. The number of nitrogens with two attached hydrogens (primary N) is 1. The van der Waals surface area contributed by atoms with Gasteiger partial charge in [0, 0.05) is 15.8 Å². The Morgan fingerprint density at radius 3 is 2.19 bits per heavy atom. The first-order valence-corrected chi connectivity index (χ1v) is 7.38. The summed E-state index contributed by atoms with van der Waals surface area (Å²) in [6.07, 6.45) is 6.13. The van der Waals surface area contributed by atoms with Crippen molar-refractivity contribution in [3.63, 3.8) is 0 Å². The molecule has 1 rings (SSSR count). The summed E-state index contributed by atoms with van der Waals surface area (Å²) < 4.78 is 0. The van der Waals surface area contributed by atoms with Crippen molar-refractivity contribution in [1.29, 1.82) is 0 Å². The summed E-state index contributed by atoms with van der Waals surface area (Å²) in [7, 11) is 0. The maximum atomic E-state index is 6.39. The zero-order valence-electron chi connectivity index (χ0n) is 10.8. The molecule has 0 aliphatic rings. The Morgan fingerprint density at radius 1 is 1.12 bits per heavy atom. The third-order valence-electron chi connectivity index (χ3n) is 3.19. The van der Waals surface area contributed by atoms with Gasteiger partial charge < -0.3 is 5.73 Å². The quantitative estimate of drug-likeness (QED) is 0.743. The number of hydrogen-bond acceptors (Lipinski definition) is 2. The molecule has 1 atom stereocenters. The average molecular weight is 239 g/mol. The zero-order chi connectivity index (χ0) is 12.0. The molecule has 1 nitrogen and oxygen atoms in total. The van der Waals surface area contributed by atoms with E-state index in [1.807, 2.05) is 11.3 Å². The first kappa shape index (κ1) is 13.7. The van der Waals surface area contributed by atoms with Crippen LogP contribution in [0.2, 0.25) is 0 Å². The third-order valence-corrected chi connectivity index (χ3v) is 4.52. The van der Waals surface area contributed by atoms with E-state index in [1.165, 1.54) is 35.4 Å². The van der Waals surface area contributed by atoms with E-state index in [9.17, 15) is 0 Å². The Hall–Kier alpha value is -0.340. The van der Waals surface area contributed by atoms with Crippen molar-refractivity contribution >= 4 is 11.3 Å². The Labute approximate surface area is 104 Å². The van der Waals surface area contributed by atoms with Crippen LogP contribution in [-0.2, 0) is 6.42 Å². The summed E-state index contributed by atoms with van der Waals surface area (Å²) in [5.74, 6) is 0.665. The first-order valence-electron chi connectivity index (χ1n) is 6.57. The second-order valence-electron chi connectivity index (χ2n) is 4.52. The van der Waals surface area contributed by atoms with Crippen LogP contribution < -0.4 is 5.73 Å². The Morgan fingerprint density at radius 2 is 1.75 bits per heavy atom. The summed E-state index contributed by atoms with van der Waals surface area (Å²) in [5.41, 5.74) is 6.39. The highest BCUT2D eigenvalue weighted by Crippen LogP contribution is 2.32. The van der Waals surface area contributed by atoms with Gasteiger partial charge in [-0.15, -0.1) is 11.3 Å². The highest BCUT2D eigenvalue weighted by molar-refractivity contribution is 7.12. The van der Waals surface area contributed by atoms with Crippen molar-refractivity contribution in [3.8, 4) is 0 Å². The van der Waals surface area contributed by atoms with Crippen LogP contribution in [0.4, 0.5) is 0 Å². The molecule has 2 N–H and O–H groups in total. The lowest BCUT2D eigenvalue weighted by atomic mass is 9.90. The van der Waals surface area contributed by atoms with Gasteiger partial charge in [-0.05, 0) is 37.3 Å². The van der Waals surface area contributed by atoms with Crippen molar-refractivity contribution < 1.29 is 0 Å². The van der Waals surface area contributed by atoms with Crippen LogP contribution >= 0.6 is 11.3 Å². The fraction of sp³-hybridized carbons (Fsp3) is 0.714. The molecule has 1 aromatic rings. The minimum Gasteiger partial charge on any atom is -0.323 e. The molecule has 16 heavy (non-hydrogen) atoms. The maximum Gasteiger partial charge on any atom is 0.0418 e. The molecule has 0 bridgehead atoms. The Kier molecular flexibility index (Phi) is 6.07. The van der Waals surface area contributed by atoms with E-state index < -0.39 is 0 Å². The zero-order valence-corrected chi connectivity index (χ0v) is 11.6. The molecule has 0 saturated heterocycles. The van der Waals surface area contributed by atoms with Gasteiger partial charge in [0.1, 0.15) is 0 Å². The molecule has 0 aliphatic carbocycles. The van der Waals surface area contributed by atoms with Gasteiger partial charge in [0.05, 0.1) is 0 Å². The predicted octanol–water partition coefficient (Wildman–Crippen LogP) is 4.53. The first-order chi connectivity index (χ1) is 7.72. The van der Waals surface area contributed by atoms with E-state index in [4.69, 9.17) is 5.73 Å². The van der Waals surface area contributed by atoms with Crippen LogP contribution in [0.3, 0.4) is 0 Å². The number of thiophene rings is 1. The van der Waals surface area contributed by atoms with Crippen LogP contribution in [0.1, 0.15) is 62.3 Å². The summed E-state index contributed by atoms with van der Waals surface area (Å²) in [6.45, 7) is 6.71. The van der Waals surface area contributed by atoms with E-state index in [0.29, 0.717) is 5.92 Å². The van der Waals surface area contributed by atoms with Crippen molar-refractivity contribution in [3.05, 3.63) is 21.9 Å². The highest BCUT2D eigenvalue weighted by Gasteiger charge is 2.19. The minimum atomic E-state index is 0.255. The summed E-state index contributed by atoms with van der Waals surface area (Å²) in [6, 6.07) is 4.71. The molecule has 0 spiro atoms. The van der Waals surface area contributed by atoms with E-state index >= 15 is 0 Å². The average Bonchev–Trinajstić information content (AvgIpc) is 2.76. The maximum absolute atomic E-state index is 6.39. The van der Waals surface area contributed by atoms with E-state index in [2.05, 4.69) is 32.9 Å². The second kappa shape index (κ2) is 7.08. The molecule has 2 heteroatoms. The van der Waals surface area contributed by atoms with Gasteiger partial charge >= 0.3 is 0 Å². The lowest BCUT2D eigenvalue weighted by Crippen LogP contribution is -2.20. The topological polar surface area (TPSA) is 26.0 Å². The molecule has 0 aliphatic heterocycles. The van der Waals surface area contributed by atoms with Gasteiger partial charge in [0.25, 0.3) is 0 Å². The van der Waals surface area contributed by atoms with Crippen LogP contribution in [-0.4, -0.2) is 0 Å². The van der Waals surface area contributed by atoms with E-state index in [1.54, 1.807) is 0 Å². The summed E-state index contributed by atoms with van der Waals surface area (Å²) in [5, 5.41) is 0. The molecule has 1 aromatic heterocycles. The molecule has 1 heterocycles. The van der Waals surface area contributed by atoms with Gasteiger partial charge in [0.15, 0.2) is 0 Å². The third kappa shape index (κ3) is 3.60. The van der Waals surface area contributed by atoms with Crippen LogP contribution in [0.25, 0.3) is 0 Å². The largest absolute Gasteiger partial charge is 0.323 e. The molecular weight excluding hydrogens is 214 g/mol. The lowest BCUT2D eigenvalue weighted by Gasteiger charge is -2.22. The SMILES string of the molecule is CCCC(CCC)C(N)c1ccc(CC)s1. The number of hydrogen-bond donors (Lipinski definition) is 1. The monoisotopic (exact) mass is 239 g/mol. The van der Waals surface area contributed by atoms with Crippen molar-refractivity contribution in [2.24, 2.45) is 11.7 Å². The van der Waals surface area contributed by atoms with Gasteiger partial charge in [-0.1, -0.05) is 33.6 Å². The van der Waals surface area contributed by atoms with Gasteiger partial charge in [-0.25, -0.2) is 0 Å². The molecule has 0 radical (unpaired) electrons. The van der Waals surface area contributed by atoms with Gasteiger partial charge in [-0.3, -0.25) is 0 Å². The van der Waals surface area contributed by atoms with Crippen LogP contribution in [0.5, 0.6) is 0 Å². The van der Waals surface area contributed by atoms with Gasteiger partial charge in [-0.2, -0.15) is 0 Å². The molecule has 0 saturated carbocycles. The second-order valence-corrected chi connectivity index (χ2v) is 5.72. The Balaban J connectivity index is 2.68. The standard InChI is InChI=1S/C14H25NS/c1-4-7-11(8-5-2)14(15)13-10-9-12(6-3)16-13/h9-11,14H,4-8,15H2,1-3H3. The molecular formula is C14H25NS. The van der Waals surface area contributed by atoms with E-state index in [-0.39, 0.29) is 6.04 Å². The van der Waals surface area contributed by atoms with E-state index in [0.717, 1.165) is 6.42 Å². The van der Waals surface area contributed by atoms with Crippen molar-refractivity contribution in [2.45, 2.75) is 58.9 Å². The minimum absolute atomic E-state index is 0.255. The molecule has 1 unspecified atom stereocenters. The predicted molar refractivity (Wildman–Crippen MR) is 73.9 cm³/mol. The molecule has 92 valence electrons. The molecule has 0 amide bonds. The smallest absolute Gasteiger partial charge is 0.0418 e. The van der Waals surface area contributed by atoms with Crippen LogP contribution in [0, 0.1) is 5.92 Å². The lowest BCUT2D eigenvalue weighted by molar-refractivity contribution is 0.372. The number of rotatable bonds is 7. The number of aryl methyl sites for hydroxylation is 1. The van der Waals surface area contributed by atoms with Crippen molar-refractivity contribution in [2.75, 3.05) is 0 Å². The summed E-state index contributed by atoms with van der Waals surface area (Å²) in [4.78, 5) is 2.83. The normalized spacial score (nSPS) is 13.3. The van der Waals surface area contributed by atoms with Gasteiger partial charge in [0.2, 0.25) is 0 Å². The summed E-state index contributed by atoms with van der Waals surface area (Å²) >= 11 is 1.90. The Bertz CT molecular complexity index is 287. The van der Waals surface area contributed by atoms with Crippen molar-refractivity contribution in [1.82, 2.24) is 0 Å². The van der Waals surface area contributed by atoms with Crippen LogP contribution in [0.15, 0.2) is 12.1 Å². The molecule has 0 fully saturated rings. The highest BCUT2D eigenvalue weighted by atomic mass is 32.1. The fourth-order valence-corrected chi connectivity index (χ4v) is 3.29. The fourth-order valence-electron chi connectivity index (χ4n) is 2.24.